The van der Waals surface area contributed by atoms with Gasteiger partial charge in [-0.15, -0.1) is 5.10 Å². The lowest BCUT2D eigenvalue weighted by Crippen LogP contribution is -2.41. The number of rotatable bonds is 6. The maximum atomic E-state index is 11.6. The van der Waals surface area contributed by atoms with E-state index in [1.807, 2.05) is 0 Å². The number of hydrogen-bond acceptors (Lipinski definition) is 4. The van der Waals surface area contributed by atoms with Crippen molar-refractivity contribution in [1.82, 2.24) is 25.6 Å². The molecule has 2 amide bonds. The Labute approximate surface area is 116 Å². The fourth-order valence-corrected chi connectivity index (χ4v) is 2.37. The molecule has 0 aromatic carbocycles. The van der Waals surface area contributed by atoms with Crippen LogP contribution < -0.4 is 10.6 Å². The zero-order valence-electron chi connectivity index (χ0n) is 11.2. The van der Waals surface area contributed by atoms with Crippen LogP contribution in [0.15, 0.2) is 12.4 Å². The minimum absolute atomic E-state index is 0.0357. The third-order valence-corrected chi connectivity index (χ3v) is 3.44. The zero-order chi connectivity index (χ0) is 14.4. The molecule has 3 N–H and O–H groups in total. The predicted octanol–water partition coefficient (Wildman–Crippen LogP) is 0.221. The molecule has 110 valence electrons. The van der Waals surface area contributed by atoms with Gasteiger partial charge in [-0.1, -0.05) is 5.21 Å². The Kier molecular flexibility index (Phi) is 4.91. The number of carbonyl (C=O) groups is 2. The molecule has 2 unspecified atom stereocenters. The number of aromatic nitrogens is 3. The number of urea groups is 1. The molecule has 2 rings (SSSR count). The van der Waals surface area contributed by atoms with Crippen molar-refractivity contribution >= 4 is 12.0 Å². The highest BCUT2D eigenvalue weighted by molar-refractivity contribution is 5.75. The molecule has 0 saturated heterocycles. The highest BCUT2D eigenvalue weighted by atomic mass is 16.4. The Morgan fingerprint density at radius 2 is 2.25 bits per heavy atom. The zero-order valence-corrected chi connectivity index (χ0v) is 11.2. The molecular formula is C12H19N5O3. The van der Waals surface area contributed by atoms with Crippen LogP contribution in [0.4, 0.5) is 4.79 Å². The first-order chi connectivity index (χ1) is 9.65. The Morgan fingerprint density at radius 3 is 2.90 bits per heavy atom. The summed E-state index contributed by atoms with van der Waals surface area (Å²) in [6.45, 7) is 1.24. The van der Waals surface area contributed by atoms with Gasteiger partial charge in [0.1, 0.15) is 0 Å². The largest absolute Gasteiger partial charge is 0.481 e. The predicted molar refractivity (Wildman–Crippen MR) is 69.9 cm³/mol. The van der Waals surface area contributed by atoms with Gasteiger partial charge in [0.25, 0.3) is 0 Å². The molecule has 1 saturated carbocycles. The van der Waals surface area contributed by atoms with Gasteiger partial charge in [-0.25, -0.2) is 4.79 Å². The lowest BCUT2D eigenvalue weighted by Gasteiger charge is -2.13. The van der Waals surface area contributed by atoms with E-state index in [-0.39, 0.29) is 18.0 Å². The van der Waals surface area contributed by atoms with Crippen molar-refractivity contribution in [2.45, 2.75) is 38.3 Å². The summed E-state index contributed by atoms with van der Waals surface area (Å²) >= 11 is 0. The highest BCUT2D eigenvalue weighted by Gasteiger charge is 2.30. The van der Waals surface area contributed by atoms with Gasteiger partial charge in [0, 0.05) is 25.3 Å². The Hall–Kier alpha value is -2.12. The van der Waals surface area contributed by atoms with Crippen molar-refractivity contribution in [3.8, 4) is 0 Å². The van der Waals surface area contributed by atoms with Gasteiger partial charge in [0.15, 0.2) is 0 Å². The molecule has 0 radical (unpaired) electrons. The van der Waals surface area contributed by atoms with Crippen molar-refractivity contribution < 1.29 is 14.7 Å². The van der Waals surface area contributed by atoms with E-state index in [4.69, 9.17) is 5.11 Å². The van der Waals surface area contributed by atoms with Crippen molar-refractivity contribution in [3.05, 3.63) is 12.4 Å². The number of carbonyl (C=O) groups excluding carboxylic acids is 1. The highest BCUT2D eigenvalue weighted by Crippen LogP contribution is 2.25. The van der Waals surface area contributed by atoms with Crippen molar-refractivity contribution in [2.75, 3.05) is 6.54 Å². The first-order valence-corrected chi connectivity index (χ1v) is 6.76. The molecule has 1 aromatic heterocycles. The van der Waals surface area contributed by atoms with E-state index in [1.54, 1.807) is 17.1 Å². The van der Waals surface area contributed by atoms with E-state index < -0.39 is 5.97 Å². The maximum absolute atomic E-state index is 11.6. The maximum Gasteiger partial charge on any atom is 0.315 e. The average molecular weight is 281 g/mol. The molecule has 1 aliphatic carbocycles. The molecular weight excluding hydrogens is 262 g/mol. The molecule has 20 heavy (non-hydrogen) atoms. The van der Waals surface area contributed by atoms with Crippen LogP contribution in [0.2, 0.25) is 0 Å². The normalized spacial score (nSPS) is 21.6. The minimum atomic E-state index is -0.775. The van der Waals surface area contributed by atoms with Crippen LogP contribution >= 0.6 is 0 Å². The van der Waals surface area contributed by atoms with Gasteiger partial charge in [0.05, 0.1) is 12.1 Å². The van der Waals surface area contributed by atoms with Gasteiger partial charge in [0.2, 0.25) is 0 Å². The smallest absolute Gasteiger partial charge is 0.315 e. The summed E-state index contributed by atoms with van der Waals surface area (Å²) in [6.07, 6.45) is 6.01. The number of aliphatic carboxylic acids is 1. The van der Waals surface area contributed by atoms with Gasteiger partial charge < -0.3 is 15.7 Å². The first-order valence-electron chi connectivity index (χ1n) is 6.76. The summed E-state index contributed by atoms with van der Waals surface area (Å²) in [5, 5.41) is 22.0. The molecule has 0 aliphatic heterocycles. The topological polar surface area (TPSA) is 109 Å². The summed E-state index contributed by atoms with van der Waals surface area (Å²) in [6, 6.07) is -0.272. The summed E-state index contributed by atoms with van der Waals surface area (Å²) in [5.74, 6) is -1.10. The van der Waals surface area contributed by atoms with Crippen LogP contribution in [0.1, 0.15) is 25.7 Å². The molecule has 2 atom stereocenters. The second kappa shape index (κ2) is 6.88. The van der Waals surface area contributed by atoms with Gasteiger partial charge in [-0.3, -0.25) is 9.48 Å². The third kappa shape index (κ3) is 4.22. The number of hydrogen-bond donors (Lipinski definition) is 3. The van der Waals surface area contributed by atoms with Crippen molar-refractivity contribution in [2.24, 2.45) is 5.92 Å². The average Bonchev–Trinajstić information content (AvgIpc) is 3.05. The van der Waals surface area contributed by atoms with Crippen LogP contribution in [0.3, 0.4) is 0 Å². The first kappa shape index (κ1) is 14.3. The van der Waals surface area contributed by atoms with E-state index in [0.29, 0.717) is 25.9 Å². The monoisotopic (exact) mass is 281 g/mol. The summed E-state index contributed by atoms with van der Waals surface area (Å²) < 4.78 is 1.70. The van der Waals surface area contributed by atoms with Crippen LogP contribution in [-0.2, 0) is 11.3 Å². The number of carboxylic acid groups (broad SMARTS) is 1. The SMILES string of the molecule is O=C(NCCCn1ccnn1)NC1CCC(C(=O)O)C1. The van der Waals surface area contributed by atoms with E-state index in [2.05, 4.69) is 20.9 Å². The van der Waals surface area contributed by atoms with Crippen LogP contribution in [0.5, 0.6) is 0 Å². The molecule has 1 fully saturated rings. The second-order valence-electron chi connectivity index (χ2n) is 4.97. The molecule has 0 spiro atoms. The lowest BCUT2D eigenvalue weighted by atomic mass is 10.1. The summed E-state index contributed by atoms with van der Waals surface area (Å²) in [4.78, 5) is 22.4. The van der Waals surface area contributed by atoms with E-state index in [0.717, 1.165) is 12.8 Å². The second-order valence-corrected chi connectivity index (χ2v) is 4.97. The molecule has 8 nitrogen and oxygen atoms in total. The van der Waals surface area contributed by atoms with Crippen LogP contribution in [-0.4, -0.2) is 44.7 Å². The van der Waals surface area contributed by atoms with E-state index >= 15 is 0 Å². The Balaban J connectivity index is 1.58. The Morgan fingerprint density at radius 1 is 1.40 bits per heavy atom. The number of carboxylic acids is 1. The minimum Gasteiger partial charge on any atom is -0.481 e. The third-order valence-electron chi connectivity index (χ3n) is 3.44. The quantitative estimate of drug-likeness (QED) is 0.646. The van der Waals surface area contributed by atoms with Crippen molar-refractivity contribution in [1.29, 1.82) is 0 Å². The standard InChI is InChI=1S/C12H19N5O3/c18-11(19)9-2-3-10(8-9)15-12(20)13-4-1-6-17-7-5-14-16-17/h5,7,9-10H,1-4,6,8H2,(H,18,19)(H2,13,15,20). The number of amides is 2. The van der Waals surface area contributed by atoms with Gasteiger partial charge in [-0.05, 0) is 25.7 Å². The number of aryl methyl sites for hydroxylation is 1. The van der Waals surface area contributed by atoms with E-state index in [1.165, 1.54) is 0 Å². The van der Waals surface area contributed by atoms with Gasteiger partial charge in [-0.2, -0.15) is 0 Å². The Bertz CT molecular complexity index is 448. The number of nitrogens with one attached hydrogen (secondary N) is 2. The van der Waals surface area contributed by atoms with Crippen LogP contribution in [0.25, 0.3) is 0 Å². The fraction of sp³-hybridized carbons (Fsp3) is 0.667. The summed E-state index contributed by atoms with van der Waals surface area (Å²) in [7, 11) is 0. The molecule has 1 aromatic rings. The fourth-order valence-electron chi connectivity index (χ4n) is 2.37. The summed E-state index contributed by atoms with van der Waals surface area (Å²) in [5.41, 5.74) is 0. The van der Waals surface area contributed by atoms with Crippen molar-refractivity contribution in [3.63, 3.8) is 0 Å². The number of nitrogens with zero attached hydrogens (tertiary/aromatic N) is 3. The van der Waals surface area contributed by atoms with E-state index in [9.17, 15) is 9.59 Å². The molecule has 1 heterocycles. The van der Waals surface area contributed by atoms with Gasteiger partial charge >= 0.3 is 12.0 Å². The molecule has 8 heteroatoms. The molecule has 1 aliphatic rings. The van der Waals surface area contributed by atoms with Crippen LogP contribution in [0, 0.1) is 5.92 Å². The molecule has 0 bridgehead atoms. The lowest BCUT2D eigenvalue weighted by molar-refractivity contribution is -0.141.